The third-order valence-electron chi connectivity index (χ3n) is 6.33. The highest BCUT2D eigenvalue weighted by atomic mass is 35.5. The maximum atomic E-state index is 13.4. The highest BCUT2D eigenvalue weighted by Gasteiger charge is 2.63. The van der Waals surface area contributed by atoms with Gasteiger partial charge in [0.1, 0.15) is 0 Å². The van der Waals surface area contributed by atoms with Crippen LogP contribution in [0.25, 0.3) is 0 Å². The molecular weight excluding hydrogens is 413 g/mol. The average Bonchev–Trinajstić information content (AvgIpc) is 2.64. The summed E-state index contributed by atoms with van der Waals surface area (Å²) in [6.07, 6.45) is 4.70. The van der Waals surface area contributed by atoms with Crippen molar-refractivity contribution in [3.8, 4) is 0 Å². The number of carbonyl (C=O) groups is 2. The van der Waals surface area contributed by atoms with E-state index in [1.807, 2.05) is 0 Å². The molecule has 3 fully saturated rings. The van der Waals surface area contributed by atoms with Crippen LogP contribution in [0, 0.1) is 5.92 Å². The number of piperidine rings is 1. The summed E-state index contributed by atoms with van der Waals surface area (Å²) < 4.78 is 0. The lowest BCUT2D eigenvalue weighted by Gasteiger charge is -2.57. The lowest BCUT2D eigenvalue weighted by atomic mass is 9.79. The Hall–Kier alpha value is 0.180. The summed E-state index contributed by atoms with van der Waals surface area (Å²) in [7, 11) is 3.33. The molecule has 2 saturated heterocycles. The first-order chi connectivity index (χ1) is 12.1. The molecular formula is C17H27Cl2N3O2S2. The molecule has 26 heavy (non-hydrogen) atoms. The molecule has 0 aromatic rings. The van der Waals surface area contributed by atoms with Crippen LogP contribution in [-0.2, 0) is 9.59 Å². The Morgan fingerprint density at radius 3 is 1.92 bits per heavy atom. The number of piperazine rings is 1. The van der Waals surface area contributed by atoms with Crippen molar-refractivity contribution in [3.63, 3.8) is 0 Å². The zero-order valence-electron chi connectivity index (χ0n) is 15.1. The fourth-order valence-electron chi connectivity index (χ4n) is 4.54. The molecule has 0 spiro atoms. The zero-order valence-corrected chi connectivity index (χ0v) is 18.4. The van der Waals surface area contributed by atoms with E-state index in [-0.39, 0.29) is 34.5 Å². The third-order valence-corrected chi connectivity index (χ3v) is 8.80. The summed E-state index contributed by atoms with van der Waals surface area (Å²) in [5, 5.41) is 3.48. The second-order valence-electron chi connectivity index (χ2n) is 7.76. The largest absolute Gasteiger partial charge is 0.320 e. The molecule has 0 radical (unpaired) electrons. The molecule has 0 bridgehead atoms. The first kappa shape index (κ1) is 20.9. The standard InChI is InChI=1S/C17H27Cl2N3O2S2/c1-21-15(24)17(26,13-8-7-12(19)9-20-13)22(2)14(23)16(21,25)10-3-5-11(18)6-4-10/h10-13,20,25-26H,3-9H2,1-2H3. The van der Waals surface area contributed by atoms with Gasteiger partial charge in [0.15, 0.2) is 9.74 Å². The van der Waals surface area contributed by atoms with Crippen LogP contribution in [0.15, 0.2) is 0 Å². The van der Waals surface area contributed by atoms with E-state index in [0.29, 0.717) is 13.0 Å². The molecule has 5 nitrogen and oxygen atoms in total. The number of nitrogens with one attached hydrogen (secondary N) is 1. The molecule has 0 aromatic carbocycles. The molecule has 0 aromatic heterocycles. The van der Waals surface area contributed by atoms with E-state index in [4.69, 9.17) is 48.5 Å². The van der Waals surface area contributed by atoms with Crippen molar-refractivity contribution in [1.82, 2.24) is 15.1 Å². The van der Waals surface area contributed by atoms with Crippen LogP contribution in [0.2, 0.25) is 0 Å². The lowest BCUT2D eigenvalue weighted by Crippen LogP contribution is -2.78. The Labute approximate surface area is 176 Å². The summed E-state index contributed by atoms with van der Waals surface area (Å²) in [5.41, 5.74) is 0. The van der Waals surface area contributed by atoms with Gasteiger partial charge in [-0.2, -0.15) is 0 Å². The third kappa shape index (κ3) is 3.15. The number of hydrogen-bond acceptors (Lipinski definition) is 5. The minimum atomic E-state index is -1.24. The Kier molecular flexibility index (Phi) is 6.06. The monoisotopic (exact) mass is 439 g/mol. The van der Waals surface area contributed by atoms with Crippen LogP contribution in [0.1, 0.15) is 38.5 Å². The Morgan fingerprint density at radius 2 is 1.38 bits per heavy atom. The van der Waals surface area contributed by atoms with Crippen molar-refractivity contribution >= 4 is 60.3 Å². The van der Waals surface area contributed by atoms with Gasteiger partial charge in [-0.15, -0.1) is 48.5 Å². The van der Waals surface area contributed by atoms with Crippen molar-refractivity contribution in [1.29, 1.82) is 0 Å². The van der Waals surface area contributed by atoms with E-state index in [2.05, 4.69) is 5.32 Å². The lowest BCUT2D eigenvalue weighted by molar-refractivity contribution is -0.168. The molecule has 1 N–H and O–H groups in total. The second-order valence-corrected chi connectivity index (χ2v) is 10.4. The topological polar surface area (TPSA) is 52.7 Å². The van der Waals surface area contributed by atoms with Gasteiger partial charge in [0.2, 0.25) is 0 Å². The van der Waals surface area contributed by atoms with E-state index in [9.17, 15) is 9.59 Å². The number of carbonyl (C=O) groups excluding carboxylic acids is 2. The van der Waals surface area contributed by atoms with Crippen molar-refractivity contribution < 1.29 is 9.59 Å². The van der Waals surface area contributed by atoms with Gasteiger partial charge < -0.3 is 15.1 Å². The first-order valence-corrected chi connectivity index (χ1v) is 10.9. The number of amides is 2. The van der Waals surface area contributed by atoms with Crippen LogP contribution in [0.3, 0.4) is 0 Å². The van der Waals surface area contributed by atoms with Gasteiger partial charge in [-0.1, -0.05) is 0 Å². The summed E-state index contributed by atoms with van der Waals surface area (Å²) >= 11 is 21.9. The average molecular weight is 440 g/mol. The molecule has 4 atom stereocenters. The molecule has 3 rings (SSSR count). The maximum Gasteiger partial charge on any atom is 0.261 e. The minimum absolute atomic E-state index is 0.0193. The summed E-state index contributed by atoms with van der Waals surface area (Å²) in [6, 6.07) is -0.249. The van der Waals surface area contributed by atoms with Crippen molar-refractivity contribution in [3.05, 3.63) is 0 Å². The van der Waals surface area contributed by atoms with Crippen LogP contribution < -0.4 is 5.32 Å². The predicted octanol–water partition coefficient (Wildman–Crippen LogP) is 2.33. The number of alkyl halides is 2. The molecule has 1 aliphatic carbocycles. The summed E-state index contributed by atoms with van der Waals surface area (Å²) in [4.78, 5) is 27.5. The number of halogens is 2. The molecule has 9 heteroatoms. The highest BCUT2D eigenvalue weighted by Crippen LogP contribution is 2.47. The number of hydrogen-bond donors (Lipinski definition) is 3. The molecule has 3 aliphatic rings. The maximum absolute atomic E-state index is 13.4. The van der Waals surface area contributed by atoms with Gasteiger partial charge in [0.25, 0.3) is 11.8 Å². The number of rotatable bonds is 2. The van der Waals surface area contributed by atoms with E-state index >= 15 is 0 Å². The van der Waals surface area contributed by atoms with Crippen LogP contribution in [0.5, 0.6) is 0 Å². The molecule has 2 amide bonds. The van der Waals surface area contributed by atoms with E-state index < -0.39 is 9.74 Å². The molecule has 4 unspecified atom stereocenters. The van der Waals surface area contributed by atoms with Gasteiger partial charge in [0.05, 0.1) is 0 Å². The Balaban J connectivity index is 1.89. The summed E-state index contributed by atoms with van der Waals surface area (Å²) in [6.45, 7) is 0.597. The Morgan fingerprint density at radius 1 is 0.885 bits per heavy atom. The van der Waals surface area contributed by atoms with Crippen molar-refractivity contribution in [2.45, 2.75) is 65.1 Å². The normalized spacial score (nSPS) is 45.2. The van der Waals surface area contributed by atoms with E-state index in [0.717, 1.165) is 32.1 Å². The molecule has 1 saturated carbocycles. The zero-order chi connectivity index (χ0) is 19.3. The number of likely N-dealkylation sites (N-methyl/N-ethyl adjacent to an activating group) is 2. The fourth-order valence-corrected chi connectivity index (χ4v) is 5.97. The highest BCUT2D eigenvalue weighted by molar-refractivity contribution is 7.83. The van der Waals surface area contributed by atoms with Crippen LogP contribution in [0.4, 0.5) is 0 Å². The smallest absolute Gasteiger partial charge is 0.261 e. The van der Waals surface area contributed by atoms with Crippen molar-refractivity contribution in [2.75, 3.05) is 20.6 Å². The fraction of sp³-hybridized carbons (Fsp3) is 0.882. The van der Waals surface area contributed by atoms with Crippen LogP contribution >= 0.6 is 48.5 Å². The SMILES string of the molecule is CN1C(=O)C(S)(C2CCC(Cl)CN2)N(C)C(=O)C1(S)C1CCC(Cl)CC1. The number of thiol groups is 2. The first-order valence-electron chi connectivity index (χ1n) is 9.16. The van der Waals surface area contributed by atoms with E-state index in [1.54, 1.807) is 14.1 Å². The van der Waals surface area contributed by atoms with Crippen LogP contribution in [-0.4, -0.2) is 68.8 Å². The molecule has 2 aliphatic heterocycles. The molecule has 148 valence electrons. The van der Waals surface area contributed by atoms with E-state index in [1.165, 1.54) is 9.80 Å². The van der Waals surface area contributed by atoms with Crippen molar-refractivity contribution in [2.24, 2.45) is 5.92 Å². The summed E-state index contributed by atoms with van der Waals surface area (Å²) in [5.74, 6) is -0.392. The minimum Gasteiger partial charge on any atom is -0.320 e. The second kappa shape index (κ2) is 7.54. The van der Waals surface area contributed by atoms with Gasteiger partial charge in [-0.3, -0.25) is 9.59 Å². The van der Waals surface area contributed by atoms with Gasteiger partial charge in [-0.25, -0.2) is 0 Å². The molecule has 2 heterocycles. The quantitative estimate of drug-likeness (QED) is 0.457. The van der Waals surface area contributed by atoms with Gasteiger partial charge in [-0.05, 0) is 38.5 Å². The van der Waals surface area contributed by atoms with Gasteiger partial charge in [0, 0.05) is 43.4 Å². The Bertz CT molecular complexity index is 532. The predicted molar refractivity (Wildman–Crippen MR) is 111 cm³/mol. The van der Waals surface area contributed by atoms with Gasteiger partial charge >= 0.3 is 0 Å². The number of nitrogens with zero attached hydrogens (tertiary/aromatic N) is 2.